The molecule has 6 nitrogen and oxygen atoms in total. The van der Waals surface area contributed by atoms with E-state index in [2.05, 4.69) is 19.2 Å². The van der Waals surface area contributed by atoms with Crippen molar-refractivity contribution in [2.45, 2.75) is 39.3 Å². The van der Waals surface area contributed by atoms with Gasteiger partial charge in [0.05, 0.1) is 18.0 Å². The summed E-state index contributed by atoms with van der Waals surface area (Å²) in [6, 6.07) is 16.4. The maximum absolute atomic E-state index is 12.7. The van der Waals surface area contributed by atoms with Gasteiger partial charge in [0.25, 0.3) is 5.91 Å². The van der Waals surface area contributed by atoms with Crippen LogP contribution in [0.15, 0.2) is 54.6 Å². The molecule has 0 bridgehead atoms. The minimum Gasteiger partial charge on any atom is -0.481 e. The molecule has 0 aromatic heterocycles. The van der Waals surface area contributed by atoms with Gasteiger partial charge in [-0.15, -0.1) is 0 Å². The van der Waals surface area contributed by atoms with Crippen molar-refractivity contribution < 1.29 is 17.9 Å². The Morgan fingerprint density at radius 2 is 1.62 bits per heavy atom. The molecule has 2 aromatic carbocycles. The summed E-state index contributed by atoms with van der Waals surface area (Å²) in [7, 11) is -1.84. The number of nitrogens with one attached hydrogen (secondary N) is 1. The summed E-state index contributed by atoms with van der Waals surface area (Å²) in [6.45, 7) is 5.94. The number of sulfonamides is 1. The van der Waals surface area contributed by atoms with Gasteiger partial charge in [-0.2, -0.15) is 0 Å². The summed E-state index contributed by atoms with van der Waals surface area (Å²) in [5.41, 5.74) is 1.59. The third-order valence-corrected chi connectivity index (χ3v) is 5.81. The van der Waals surface area contributed by atoms with E-state index in [-0.39, 0.29) is 11.9 Å². The zero-order valence-corrected chi connectivity index (χ0v) is 18.4. The molecule has 0 fully saturated rings. The second-order valence-corrected chi connectivity index (χ2v) is 9.60. The number of amides is 1. The van der Waals surface area contributed by atoms with E-state index in [1.165, 1.54) is 11.4 Å². The molecule has 0 saturated carbocycles. The van der Waals surface area contributed by atoms with Crippen LogP contribution in [0.3, 0.4) is 0 Å². The molecular formula is C22H30N2O4S. The van der Waals surface area contributed by atoms with Crippen molar-refractivity contribution in [2.75, 3.05) is 17.6 Å². The standard InChI is InChI=1S/C22H30N2O4S/c1-16(2)15-21(18-9-7-6-8-10-18)23-22(25)17(3)28-20-13-11-19(12-14-20)24(4)29(5,26)27/h6-14,16-17,21H,15H2,1-5H3,(H,23,25)/t17-,21-/m1/s1. The van der Waals surface area contributed by atoms with E-state index in [1.807, 2.05) is 30.3 Å². The molecule has 0 aliphatic carbocycles. The van der Waals surface area contributed by atoms with Crippen molar-refractivity contribution in [1.29, 1.82) is 0 Å². The van der Waals surface area contributed by atoms with E-state index in [1.54, 1.807) is 31.2 Å². The van der Waals surface area contributed by atoms with Crippen molar-refractivity contribution in [3.05, 3.63) is 60.2 Å². The Bertz CT molecular complexity index is 896. The topological polar surface area (TPSA) is 75.7 Å². The third-order valence-electron chi connectivity index (χ3n) is 4.61. The van der Waals surface area contributed by atoms with Crippen LogP contribution < -0.4 is 14.4 Å². The Balaban J connectivity index is 2.03. The van der Waals surface area contributed by atoms with Crippen molar-refractivity contribution in [2.24, 2.45) is 5.92 Å². The maximum atomic E-state index is 12.7. The Hall–Kier alpha value is -2.54. The van der Waals surface area contributed by atoms with E-state index < -0.39 is 16.1 Å². The summed E-state index contributed by atoms with van der Waals surface area (Å²) >= 11 is 0. The first-order chi connectivity index (χ1) is 13.6. The van der Waals surface area contributed by atoms with Gasteiger partial charge in [-0.1, -0.05) is 44.2 Å². The predicted octanol–water partition coefficient (Wildman–Crippen LogP) is 3.75. The lowest BCUT2D eigenvalue weighted by molar-refractivity contribution is -0.128. The number of anilines is 1. The van der Waals surface area contributed by atoms with Gasteiger partial charge in [0.1, 0.15) is 5.75 Å². The molecule has 0 aliphatic heterocycles. The Kier molecular flexibility index (Phi) is 7.67. The summed E-state index contributed by atoms with van der Waals surface area (Å²) in [6.07, 6.45) is 1.28. The van der Waals surface area contributed by atoms with Gasteiger partial charge in [-0.05, 0) is 49.1 Å². The number of hydrogen-bond donors (Lipinski definition) is 1. The number of carbonyl (C=O) groups excluding carboxylic acids is 1. The van der Waals surface area contributed by atoms with Gasteiger partial charge < -0.3 is 10.1 Å². The molecule has 0 unspecified atom stereocenters. The normalized spacial score (nSPS) is 13.6. The number of ether oxygens (including phenoxy) is 1. The molecule has 29 heavy (non-hydrogen) atoms. The average Bonchev–Trinajstić information content (AvgIpc) is 2.67. The van der Waals surface area contributed by atoms with E-state index >= 15 is 0 Å². The number of hydrogen-bond acceptors (Lipinski definition) is 4. The van der Waals surface area contributed by atoms with Gasteiger partial charge in [-0.25, -0.2) is 8.42 Å². The molecule has 158 valence electrons. The van der Waals surface area contributed by atoms with Crippen molar-refractivity contribution >= 4 is 21.6 Å². The summed E-state index contributed by atoms with van der Waals surface area (Å²) < 4.78 is 30.2. The summed E-state index contributed by atoms with van der Waals surface area (Å²) in [4.78, 5) is 12.7. The van der Waals surface area contributed by atoms with Crippen LogP contribution in [0.25, 0.3) is 0 Å². The van der Waals surface area contributed by atoms with Crippen LogP contribution in [0.1, 0.15) is 38.8 Å². The first-order valence-electron chi connectivity index (χ1n) is 9.64. The first kappa shape index (κ1) is 22.7. The number of carbonyl (C=O) groups is 1. The third kappa shape index (κ3) is 6.78. The minimum atomic E-state index is -3.33. The fourth-order valence-electron chi connectivity index (χ4n) is 2.91. The number of nitrogens with zero attached hydrogens (tertiary/aromatic N) is 1. The van der Waals surface area contributed by atoms with Crippen LogP contribution in [-0.2, 0) is 14.8 Å². The van der Waals surface area contributed by atoms with Crippen LogP contribution in [0.4, 0.5) is 5.69 Å². The van der Waals surface area contributed by atoms with Crippen LogP contribution in [0.2, 0.25) is 0 Å². The highest BCUT2D eigenvalue weighted by Crippen LogP contribution is 2.23. The van der Waals surface area contributed by atoms with Gasteiger partial charge in [0.15, 0.2) is 6.10 Å². The molecule has 0 radical (unpaired) electrons. The molecule has 0 aliphatic rings. The second kappa shape index (κ2) is 9.78. The van der Waals surface area contributed by atoms with Gasteiger partial charge in [0.2, 0.25) is 10.0 Å². The lowest BCUT2D eigenvalue weighted by atomic mass is 9.97. The lowest BCUT2D eigenvalue weighted by Gasteiger charge is -2.24. The molecule has 0 saturated heterocycles. The molecular weight excluding hydrogens is 388 g/mol. The largest absolute Gasteiger partial charge is 0.481 e. The Labute approximate surface area is 173 Å². The predicted molar refractivity (Wildman–Crippen MR) is 117 cm³/mol. The second-order valence-electron chi connectivity index (χ2n) is 7.59. The lowest BCUT2D eigenvalue weighted by Crippen LogP contribution is -2.39. The zero-order valence-electron chi connectivity index (χ0n) is 17.6. The van der Waals surface area contributed by atoms with Crippen molar-refractivity contribution in [1.82, 2.24) is 5.32 Å². The molecule has 0 spiro atoms. The van der Waals surface area contributed by atoms with Crippen molar-refractivity contribution in [3.63, 3.8) is 0 Å². The van der Waals surface area contributed by atoms with Crippen molar-refractivity contribution in [3.8, 4) is 5.75 Å². The quantitative estimate of drug-likeness (QED) is 0.673. The van der Waals surface area contributed by atoms with E-state index in [0.29, 0.717) is 17.4 Å². The van der Waals surface area contributed by atoms with Crippen LogP contribution in [-0.4, -0.2) is 33.7 Å². The molecule has 2 atom stereocenters. The summed E-state index contributed by atoms with van der Waals surface area (Å²) in [5, 5.41) is 3.08. The molecule has 0 heterocycles. The highest BCUT2D eigenvalue weighted by Gasteiger charge is 2.21. The molecule has 7 heteroatoms. The number of rotatable bonds is 9. The maximum Gasteiger partial charge on any atom is 0.261 e. The SMILES string of the molecule is CC(C)C[C@@H](NC(=O)[C@@H](C)Oc1ccc(N(C)S(C)(=O)=O)cc1)c1ccccc1. The summed E-state index contributed by atoms with van der Waals surface area (Å²) in [5.74, 6) is 0.728. The van der Waals surface area contributed by atoms with E-state index in [4.69, 9.17) is 4.74 Å². The molecule has 1 amide bonds. The van der Waals surface area contributed by atoms with Gasteiger partial charge in [-0.3, -0.25) is 9.10 Å². The first-order valence-corrected chi connectivity index (χ1v) is 11.5. The fourth-order valence-corrected chi connectivity index (χ4v) is 3.41. The molecule has 2 rings (SSSR count). The number of benzene rings is 2. The van der Waals surface area contributed by atoms with Crippen LogP contribution in [0.5, 0.6) is 5.75 Å². The smallest absolute Gasteiger partial charge is 0.261 e. The monoisotopic (exact) mass is 418 g/mol. The van der Waals surface area contributed by atoms with Gasteiger partial charge in [0, 0.05) is 7.05 Å². The van der Waals surface area contributed by atoms with Gasteiger partial charge >= 0.3 is 0 Å². The highest BCUT2D eigenvalue weighted by molar-refractivity contribution is 7.92. The minimum absolute atomic E-state index is 0.0828. The molecule has 1 N–H and O–H groups in total. The highest BCUT2D eigenvalue weighted by atomic mass is 32.2. The molecule has 2 aromatic rings. The van der Waals surface area contributed by atoms with Crippen LogP contribution in [0, 0.1) is 5.92 Å². The van der Waals surface area contributed by atoms with E-state index in [0.717, 1.165) is 18.2 Å². The fraction of sp³-hybridized carbons (Fsp3) is 0.409. The average molecular weight is 419 g/mol. The van der Waals surface area contributed by atoms with E-state index in [9.17, 15) is 13.2 Å². The van der Waals surface area contributed by atoms with Crippen LogP contribution >= 0.6 is 0 Å². The Morgan fingerprint density at radius 1 is 1.03 bits per heavy atom. The Morgan fingerprint density at radius 3 is 2.14 bits per heavy atom. The zero-order chi connectivity index (χ0) is 21.6.